The van der Waals surface area contributed by atoms with Gasteiger partial charge in [-0.25, -0.2) is 0 Å². The summed E-state index contributed by atoms with van der Waals surface area (Å²) in [6.45, 7) is -0.171. The second-order valence-corrected chi connectivity index (χ2v) is 2.74. The molecular weight excluding hydrogens is 198 g/mol. The number of hydrogen-bond acceptors (Lipinski definition) is 4. The van der Waals surface area contributed by atoms with E-state index in [1.807, 2.05) is 0 Å². The zero-order valence-electron chi connectivity index (χ0n) is 8.21. The monoisotopic (exact) mass is 209 g/mol. The van der Waals surface area contributed by atoms with Crippen LogP contribution >= 0.6 is 0 Å². The minimum Gasteiger partial charge on any atom is -0.496 e. The molecule has 0 heterocycles. The van der Waals surface area contributed by atoms with Gasteiger partial charge in [-0.1, -0.05) is 12.1 Å². The highest BCUT2D eigenvalue weighted by atomic mass is 16.6. The molecule has 0 amide bonds. The molecule has 0 radical (unpaired) electrons. The molecule has 0 fully saturated rings. The number of benzene rings is 1. The van der Waals surface area contributed by atoms with Gasteiger partial charge in [0.15, 0.2) is 0 Å². The van der Waals surface area contributed by atoms with Crippen LogP contribution in [0.2, 0.25) is 0 Å². The van der Waals surface area contributed by atoms with E-state index in [9.17, 15) is 10.1 Å². The van der Waals surface area contributed by atoms with E-state index in [0.717, 1.165) is 0 Å². The summed E-state index contributed by atoms with van der Waals surface area (Å²) in [6, 6.07) is 4.57. The average molecular weight is 209 g/mol. The molecule has 0 spiro atoms. The van der Waals surface area contributed by atoms with Crippen molar-refractivity contribution in [3.05, 3.63) is 40.0 Å². The lowest BCUT2D eigenvalue weighted by Crippen LogP contribution is -1.95. The van der Waals surface area contributed by atoms with E-state index in [0.29, 0.717) is 11.3 Å². The fraction of sp³-hybridized carbons (Fsp3) is 0.200. The van der Waals surface area contributed by atoms with Crippen molar-refractivity contribution in [1.82, 2.24) is 0 Å². The molecule has 0 aliphatic carbocycles. The second-order valence-electron chi connectivity index (χ2n) is 2.74. The Labute approximate surface area is 86.8 Å². The molecule has 0 aromatic heterocycles. The summed E-state index contributed by atoms with van der Waals surface area (Å²) in [4.78, 5) is 10.2. The number of aliphatic hydroxyl groups excluding tert-OH is 1. The van der Waals surface area contributed by atoms with Crippen LogP contribution in [0.15, 0.2) is 24.3 Å². The largest absolute Gasteiger partial charge is 0.496 e. The van der Waals surface area contributed by atoms with Crippen LogP contribution in [-0.2, 0) is 0 Å². The highest BCUT2D eigenvalue weighted by Crippen LogP contribution is 2.29. The summed E-state index contributed by atoms with van der Waals surface area (Å²) in [7, 11) is 1.44. The molecule has 15 heavy (non-hydrogen) atoms. The van der Waals surface area contributed by atoms with Crippen LogP contribution in [0.5, 0.6) is 5.75 Å². The first-order valence-electron chi connectivity index (χ1n) is 4.29. The lowest BCUT2D eigenvalue weighted by Gasteiger charge is -2.04. The smallest absolute Gasteiger partial charge is 0.280 e. The third kappa shape index (κ3) is 2.54. The van der Waals surface area contributed by atoms with Gasteiger partial charge < -0.3 is 9.84 Å². The summed E-state index contributed by atoms with van der Waals surface area (Å²) in [5.41, 5.74) is 0.318. The molecule has 1 aromatic carbocycles. The van der Waals surface area contributed by atoms with Crippen LogP contribution in [0.25, 0.3) is 6.08 Å². The Morgan fingerprint density at radius 2 is 2.33 bits per heavy atom. The van der Waals surface area contributed by atoms with Crippen LogP contribution in [-0.4, -0.2) is 23.7 Å². The van der Waals surface area contributed by atoms with Crippen molar-refractivity contribution in [1.29, 1.82) is 0 Å². The fourth-order valence-electron chi connectivity index (χ4n) is 1.21. The van der Waals surface area contributed by atoms with Gasteiger partial charge in [0, 0.05) is 6.07 Å². The third-order valence-electron chi connectivity index (χ3n) is 1.85. The Balaban J connectivity index is 3.26. The number of aliphatic hydroxyl groups is 1. The maximum absolute atomic E-state index is 10.7. The van der Waals surface area contributed by atoms with Crippen molar-refractivity contribution in [2.24, 2.45) is 0 Å². The second kappa shape index (κ2) is 5.11. The highest BCUT2D eigenvalue weighted by molar-refractivity contribution is 5.67. The number of methoxy groups -OCH3 is 1. The molecule has 0 aliphatic rings. The zero-order valence-corrected chi connectivity index (χ0v) is 8.21. The van der Waals surface area contributed by atoms with Crippen LogP contribution < -0.4 is 4.74 Å². The quantitative estimate of drug-likeness (QED) is 0.604. The predicted molar refractivity (Wildman–Crippen MR) is 55.8 cm³/mol. The summed E-state index contributed by atoms with van der Waals surface area (Å²) in [5, 5.41) is 19.3. The third-order valence-corrected chi connectivity index (χ3v) is 1.85. The van der Waals surface area contributed by atoms with Gasteiger partial charge in [0.2, 0.25) is 0 Å². The van der Waals surface area contributed by atoms with E-state index in [-0.39, 0.29) is 12.3 Å². The maximum Gasteiger partial charge on any atom is 0.280 e. The van der Waals surface area contributed by atoms with Crippen molar-refractivity contribution in [2.75, 3.05) is 13.7 Å². The van der Waals surface area contributed by atoms with Gasteiger partial charge in [-0.3, -0.25) is 10.1 Å². The molecule has 0 aliphatic heterocycles. The molecule has 1 rings (SSSR count). The van der Waals surface area contributed by atoms with Crippen LogP contribution in [0.3, 0.4) is 0 Å². The zero-order chi connectivity index (χ0) is 11.3. The first-order valence-corrected chi connectivity index (χ1v) is 4.29. The molecule has 0 atom stereocenters. The lowest BCUT2D eigenvalue weighted by atomic mass is 10.1. The first kappa shape index (κ1) is 11.2. The van der Waals surface area contributed by atoms with Gasteiger partial charge in [0.25, 0.3) is 5.69 Å². The Bertz CT molecular complexity index is 387. The van der Waals surface area contributed by atoms with Gasteiger partial charge >= 0.3 is 0 Å². The Hall–Kier alpha value is -1.88. The summed E-state index contributed by atoms with van der Waals surface area (Å²) in [5.74, 6) is 0.411. The first-order chi connectivity index (χ1) is 7.20. The molecule has 1 aromatic rings. The summed E-state index contributed by atoms with van der Waals surface area (Å²) >= 11 is 0. The number of nitro groups is 1. The van der Waals surface area contributed by atoms with E-state index >= 15 is 0 Å². The molecular formula is C10H11NO4. The van der Waals surface area contributed by atoms with Crippen molar-refractivity contribution in [3.8, 4) is 5.75 Å². The number of ether oxygens (including phenoxy) is 1. The van der Waals surface area contributed by atoms with Crippen molar-refractivity contribution in [2.45, 2.75) is 0 Å². The van der Waals surface area contributed by atoms with Crippen LogP contribution in [0.1, 0.15) is 5.56 Å². The highest BCUT2D eigenvalue weighted by Gasteiger charge is 2.14. The molecule has 5 nitrogen and oxygen atoms in total. The van der Waals surface area contributed by atoms with Crippen molar-refractivity contribution >= 4 is 11.8 Å². The predicted octanol–water partition coefficient (Wildman–Crippen LogP) is 1.61. The van der Waals surface area contributed by atoms with Gasteiger partial charge in [0.05, 0.1) is 24.2 Å². The molecule has 1 N–H and O–H groups in total. The van der Waals surface area contributed by atoms with Gasteiger partial charge in [-0.2, -0.15) is 0 Å². The maximum atomic E-state index is 10.7. The number of nitrogens with zero attached hydrogens (tertiary/aromatic N) is 1. The minimum atomic E-state index is -0.487. The summed E-state index contributed by atoms with van der Waals surface area (Å²) in [6.07, 6.45) is 2.89. The van der Waals surface area contributed by atoms with Gasteiger partial charge in [0.1, 0.15) is 5.75 Å². The van der Waals surface area contributed by atoms with Gasteiger partial charge in [-0.05, 0) is 12.1 Å². The average Bonchev–Trinajstić information content (AvgIpc) is 2.25. The van der Waals surface area contributed by atoms with Crippen LogP contribution in [0, 0.1) is 10.1 Å². The molecule has 0 saturated carbocycles. The van der Waals surface area contributed by atoms with Gasteiger partial charge in [-0.15, -0.1) is 0 Å². The molecule has 0 unspecified atom stereocenters. The number of nitro benzene ring substituents is 1. The molecule has 0 bridgehead atoms. The fourth-order valence-corrected chi connectivity index (χ4v) is 1.21. The number of rotatable bonds is 4. The minimum absolute atomic E-state index is 0.0425. The lowest BCUT2D eigenvalue weighted by molar-refractivity contribution is -0.385. The normalized spacial score (nSPS) is 10.5. The SMILES string of the molecule is COc1cccc([N+](=O)[O-])c1C=CCO. The topological polar surface area (TPSA) is 72.6 Å². The Morgan fingerprint density at radius 3 is 2.87 bits per heavy atom. The van der Waals surface area contributed by atoms with E-state index in [1.165, 1.54) is 25.3 Å². The van der Waals surface area contributed by atoms with E-state index < -0.39 is 4.92 Å². The summed E-state index contributed by atoms with van der Waals surface area (Å²) < 4.78 is 5.00. The Kier molecular flexibility index (Phi) is 3.82. The van der Waals surface area contributed by atoms with Crippen molar-refractivity contribution < 1.29 is 14.8 Å². The molecule has 0 saturated heterocycles. The van der Waals surface area contributed by atoms with E-state index in [4.69, 9.17) is 9.84 Å². The van der Waals surface area contributed by atoms with E-state index in [1.54, 1.807) is 12.1 Å². The van der Waals surface area contributed by atoms with Crippen molar-refractivity contribution in [3.63, 3.8) is 0 Å². The molecule has 80 valence electrons. The van der Waals surface area contributed by atoms with E-state index in [2.05, 4.69) is 0 Å². The van der Waals surface area contributed by atoms with Crippen LogP contribution in [0.4, 0.5) is 5.69 Å². The molecule has 5 heteroatoms. The standard InChI is InChI=1S/C10H11NO4/c1-15-10-6-2-5-9(11(13)14)8(10)4-3-7-12/h2-6,12H,7H2,1H3. The number of hydrogen-bond donors (Lipinski definition) is 1. The Morgan fingerprint density at radius 1 is 1.60 bits per heavy atom.